The second-order valence-electron chi connectivity index (χ2n) is 5.91. The maximum absolute atomic E-state index is 11.8. The molecule has 0 saturated carbocycles. The summed E-state index contributed by atoms with van der Waals surface area (Å²) < 4.78 is 4.82. The Kier molecular flexibility index (Phi) is 4.21. The number of anilines is 2. The Morgan fingerprint density at radius 1 is 1.04 bits per heavy atom. The van der Waals surface area contributed by atoms with Crippen molar-refractivity contribution in [1.29, 1.82) is 0 Å². The minimum atomic E-state index is -0.352. The van der Waals surface area contributed by atoms with E-state index >= 15 is 0 Å². The van der Waals surface area contributed by atoms with E-state index in [1.54, 1.807) is 6.07 Å². The quantitative estimate of drug-likeness (QED) is 0.711. The first-order valence-corrected chi connectivity index (χ1v) is 7.82. The van der Waals surface area contributed by atoms with Crippen LogP contribution in [0.5, 0.6) is 0 Å². The lowest BCUT2D eigenvalue weighted by Gasteiger charge is -2.14. The monoisotopic (exact) mass is 320 g/mol. The van der Waals surface area contributed by atoms with Gasteiger partial charge in [0.2, 0.25) is 0 Å². The number of hydrogen-bond acceptors (Lipinski definition) is 4. The van der Waals surface area contributed by atoms with Gasteiger partial charge in [-0.15, -0.1) is 0 Å². The molecule has 0 atom stereocenters. The van der Waals surface area contributed by atoms with E-state index in [0.29, 0.717) is 5.56 Å². The molecule has 24 heavy (non-hydrogen) atoms. The van der Waals surface area contributed by atoms with Gasteiger partial charge in [0.25, 0.3) is 0 Å². The van der Waals surface area contributed by atoms with Gasteiger partial charge >= 0.3 is 5.97 Å². The molecule has 0 aliphatic carbocycles. The number of methoxy groups -OCH3 is 1. The molecule has 2 aromatic carbocycles. The van der Waals surface area contributed by atoms with Gasteiger partial charge in [0.15, 0.2) is 0 Å². The third kappa shape index (κ3) is 2.95. The van der Waals surface area contributed by atoms with Crippen LogP contribution in [0.25, 0.3) is 10.9 Å². The molecule has 1 heterocycles. The van der Waals surface area contributed by atoms with Crippen molar-refractivity contribution in [1.82, 2.24) is 4.98 Å². The van der Waals surface area contributed by atoms with Crippen molar-refractivity contribution >= 4 is 28.2 Å². The third-order valence-corrected chi connectivity index (χ3v) is 4.23. The summed E-state index contributed by atoms with van der Waals surface area (Å²) in [6.45, 7) is 6.14. The van der Waals surface area contributed by atoms with Crippen LogP contribution in [0.2, 0.25) is 0 Å². The number of hydrogen-bond donors (Lipinski definition) is 1. The van der Waals surface area contributed by atoms with E-state index in [2.05, 4.69) is 30.2 Å². The summed E-state index contributed by atoms with van der Waals surface area (Å²) in [5, 5.41) is 4.38. The van der Waals surface area contributed by atoms with Crippen LogP contribution in [0.4, 0.5) is 11.4 Å². The van der Waals surface area contributed by atoms with E-state index in [1.165, 1.54) is 18.2 Å². The van der Waals surface area contributed by atoms with Crippen molar-refractivity contribution in [3.05, 3.63) is 64.8 Å². The van der Waals surface area contributed by atoms with Crippen LogP contribution in [0.1, 0.15) is 27.2 Å². The Balaban J connectivity index is 2.15. The first-order valence-electron chi connectivity index (χ1n) is 7.82. The van der Waals surface area contributed by atoms with E-state index in [0.717, 1.165) is 28.0 Å². The van der Waals surface area contributed by atoms with Crippen molar-refractivity contribution < 1.29 is 9.53 Å². The lowest BCUT2D eigenvalue weighted by Crippen LogP contribution is -2.02. The van der Waals surface area contributed by atoms with E-state index in [-0.39, 0.29) is 5.97 Å². The average molecular weight is 320 g/mol. The van der Waals surface area contributed by atoms with Crippen molar-refractivity contribution in [3.63, 3.8) is 0 Å². The molecule has 3 rings (SSSR count). The minimum Gasteiger partial charge on any atom is -0.465 e. The molecule has 0 radical (unpaired) electrons. The fourth-order valence-corrected chi connectivity index (χ4v) is 2.74. The number of nitrogens with one attached hydrogen (secondary N) is 1. The van der Waals surface area contributed by atoms with Crippen LogP contribution in [0.15, 0.2) is 42.5 Å². The van der Waals surface area contributed by atoms with Gasteiger partial charge in [0.05, 0.1) is 18.2 Å². The fraction of sp³-hybridized carbons (Fsp3) is 0.200. The largest absolute Gasteiger partial charge is 0.465 e. The molecule has 0 saturated heterocycles. The molecule has 4 heteroatoms. The van der Waals surface area contributed by atoms with Crippen molar-refractivity contribution in [3.8, 4) is 0 Å². The second kappa shape index (κ2) is 6.32. The third-order valence-electron chi connectivity index (χ3n) is 4.23. The summed E-state index contributed by atoms with van der Waals surface area (Å²) in [5.41, 5.74) is 6.67. The Morgan fingerprint density at radius 3 is 2.58 bits per heavy atom. The molecule has 1 aromatic heterocycles. The SMILES string of the molecule is COC(=O)c1ccc2nc(C)cc(Nc3cccc(C)c3C)c2c1. The summed E-state index contributed by atoms with van der Waals surface area (Å²) in [6, 6.07) is 13.6. The van der Waals surface area contributed by atoms with E-state index < -0.39 is 0 Å². The van der Waals surface area contributed by atoms with Crippen LogP contribution in [0.3, 0.4) is 0 Å². The zero-order chi connectivity index (χ0) is 17.3. The first-order chi connectivity index (χ1) is 11.5. The van der Waals surface area contributed by atoms with Gasteiger partial charge in [-0.2, -0.15) is 0 Å². The number of nitrogens with zero attached hydrogens (tertiary/aromatic N) is 1. The molecule has 0 spiro atoms. The number of carbonyl (C=O) groups is 1. The Bertz CT molecular complexity index is 932. The molecule has 0 amide bonds. The van der Waals surface area contributed by atoms with E-state index in [4.69, 9.17) is 4.74 Å². The summed E-state index contributed by atoms with van der Waals surface area (Å²) in [7, 11) is 1.38. The number of aryl methyl sites for hydroxylation is 2. The first kappa shape index (κ1) is 16.0. The zero-order valence-corrected chi connectivity index (χ0v) is 14.3. The molecule has 0 fully saturated rings. The minimum absolute atomic E-state index is 0.352. The maximum Gasteiger partial charge on any atom is 0.337 e. The van der Waals surface area contributed by atoms with Gasteiger partial charge in [-0.1, -0.05) is 12.1 Å². The van der Waals surface area contributed by atoms with Crippen LogP contribution >= 0.6 is 0 Å². The van der Waals surface area contributed by atoms with Gasteiger partial charge in [-0.05, 0) is 62.2 Å². The fourth-order valence-electron chi connectivity index (χ4n) is 2.74. The van der Waals surface area contributed by atoms with E-state index in [1.807, 2.05) is 37.3 Å². The number of pyridine rings is 1. The maximum atomic E-state index is 11.8. The highest BCUT2D eigenvalue weighted by Crippen LogP contribution is 2.29. The van der Waals surface area contributed by atoms with Gasteiger partial charge in [-0.3, -0.25) is 4.98 Å². The number of esters is 1. The molecule has 0 aliphatic rings. The van der Waals surface area contributed by atoms with Crippen molar-refractivity contribution in [2.75, 3.05) is 12.4 Å². The highest BCUT2D eigenvalue weighted by Gasteiger charge is 2.11. The molecule has 0 unspecified atom stereocenters. The molecule has 3 aromatic rings. The van der Waals surface area contributed by atoms with Crippen molar-refractivity contribution in [2.45, 2.75) is 20.8 Å². The second-order valence-corrected chi connectivity index (χ2v) is 5.91. The smallest absolute Gasteiger partial charge is 0.337 e. The normalized spacial score (nSPS) is 10.7. The van der Waals surface area contributed by atoms with Crippen LogP contribution < -0.4 is 5.32 Å². The lowest BCUT2D eigenvalue weighted by atomic mass is 10.1. The number of rotatable bonds is 3. The molecule has 1 N–H and O–H groups in total. The summed E-state index contributed by atoms with van der Waals surface area (Å²) in [6.07, 6.45) is 0. The van der Waals surface area contributed by atoms with Crippen LogP contribution in [-0.4, -0.2) is 18.1 Å². The van der Waals surface area contributed by atoms with Crippen LogP contribution in [0, 0.1) is 20.8 Å². The highest BCUT2D eigenvalue weighted by atomic mass is 16.5. The number of benzene rings is 2. The topological polar surface area (TPSA) is 51.2 Å². The molecule has 0 bridgehead atoms. The van der Waals surface area contributed by atoms with Gasteiger partial charge in [0, 0.05) is 22.5 Å². The summed E-state index contributed by atoms with van der Waals surface area (Å²) in [5.74, 6) is -0.352. The number of aromatic nitrogens is 1. The zero-order valence-electron chi connectivity index (χ0n) is 14.3. The van der Waals surface area contributed by atoms with E-state index in [9.17, 15) is 4.79 Å². The summed E-state index contributed by atoms with van der Waals surface area (Å²) in [4.78, 5) is 16.4. The standard InChI is InChI=1S/C20H20N2O2/c1-12-6-5-7-17(14(12)3)22-19-10-13(2)21-18-9-8-15(11-16(18)19)20(23)24-4/h5-11H,1-4H3,(H,21,22). The molecular weight excluding hydrogens is 300 g/mol. The van der Waals surface area contributed by atoms with Gasteiger partial charge in [0.1, 0.15) is 0 Å². The Morgan fingerprint density at radius 2 is 1.83 bits per heavy atom. The average Bonchev–Trinajstić information content (AvgIpc) is 2.57. The number of ether oxygens (including phenoxy) is 1. The number of fused-ring (bicyclic) bond motifs is 1. The Hall–Kier alpha value is -2.88. The summed E-state index contributed by atoms with van der Waals surface area (Å²) >= 11 is 0. The van der Waals surface area contributed by atoms with Crippen LogP contribution in [-0.2, 0) is 4.74 Å². The predicted octanol–water partition coefficient (Wildman–Crippen LogP) is 4.69. The van der Waals surface area contributed by atoms with Crippen molar-refractivity contribution in [2.24, 2.45) is 0 Å². The van der Waals surface area contributed by atoms with Gasteiger partial charge < -0.3 is 10.1 Å². The molecule has 4 nitrogen and oxygen atoms in total. The number of carbonyl (C=O) groups excluding carboxylic acids is 1. The molecule has 122 valence electrons. The Labute approximate surface area is 141 Å². The molecular formula is C20H20N2O2. The molecule has 0 aliphatic heterocycles. The highest BCUT2D eigenvalue weighted by molar-refractivity contribution is 5.99. The predicted molar refractivity (Wildman–Crippen MR) is 97.0 cm³/mol. The van der Waals surface area contributed by atoms with Gasteiger partial charge in [-0.25, -0.2) is 4.79 Å². The lowest BCUT2D eigenvalue weighted by molar-refractivity contribution is 0.0601.